The van der Waals surface area contributed by atoms with Crippen molar-refractivity contribution in [2.45, 2.75) is 19.9 Å². The van der Waals surface area contributed by atoms with Crippen LogP contribution in [-0.2, 0) is 6.54 Å². The molecular formula is C11H13N3O2. The number of hydrogen-bond acceptors (Lipinski definition) is 2. The summed E-state index contributed by atoms with van der Waals surface area (Å²) in [7, 11) is 0. The van der Waals surface area contributed by atoms with Crippen LogP contribution in [0.5, 0.6) is 0 Å². The van der Waals surface area contributed by atoms with Crippen molar-refractivity contribution in [2.24, 2.45) is 0 Å². The third-order valence-electron chi connectivity index (χ3n) is 2.32. The van der Waals surface area contributed by atoms with E-state index >= 15 is 0 Å². The van der Waals surface area contributed by atoms with Crippen LogP contribution in [0.4, 0.5) is 10.7 Å². The third kappa shape index (κ3) is 1.84. The second-order valence-corrected chi connectivity index (χ2v) is 3.51. The number of carbonyl (C=O) groups is 1. The zero-order chi connectivity index (χ0) is 11.5. The largest absolute Gasteiger partial charge is 0.465 e. The first-order valence-corrected chi connectivity index (χ1v) is 5.17. The van der Waals surface area contributed by atoms with Gasteiger partial charge in [0.2, 0.25) is 5.95 Å². The lowest BCUT2D eigenvalue weighted by Crippen LogP contribution is -2.13. The van der Waals surface area contributed by atoms with Gasteiger partial charge in [-0.2, -0.15) is 0 Å². The van der Waals surface area contributed by atoms with Gasteiger partial charge in [0.1, 0.15) is 0 Å². The lowest BCUT2D eigenvalue weighted by molar-refractivity contribution is 0.209. The lowest BCUT2D eigenvalue weighted by atomic mass is 10.3. The van der Waals surface area contributed by atoms with E-state index in [0.717, 1.165) is 24.0 Å². The number of aryl methyl sites for hydroxylation is 1. The Kier molecular flexibility index (Phi) is 2.76. The summed E-state index contributed by atoms with van der Waals surface area (Å²) in [5, 5.41) is 11.0. The molecule has 0 aliphatic heterocycles. The molecule has 0 aliphatic rings. The predicted octanol–water partition coefficient (Wildman–Crippen LogP) is 2.54. The molecule has 1 aromatic heterocycles. The summed E-state index contributed by atoms with van der Waals surface area (Å²) in [6, 6.07) is 7.61. The van der Waals surface area contributed by atoms with Crippen molar-refractivity contribution in [3.05, 3.63) is 24.3 Å². The van der Waals surface area contributed by atoms with Crippen molar-refractivity contribution in [2.75, 3.05) is 5.32 Å². The van der Waals surface area contributed by atoms with Crippen LogP contribution >= 0.6 is 0 Å². The maximum Gasteiger partial charge on any atom is 0.411 e. The summed E-state index contributed by atoms with van der Waals surface area (Å²) in [5.41, 5.74) is 1.76. The summed E-state index contributed by atoms with van der Waals surface area (Å²) in [6.07, 6.45) is -0.165. The molecule has 0 spiro atoms. The molecule has 0 saturated carbocycles. The number of carboxylic acid groups (broad SMARTS) is 1. The molecule has 1 heterocycles. The van der Waals surface area contributed by atoms with Crippen LogP contribution in [0.1, 0.15) is 13.3 Å². The number of benzene rings is 1. The molecule has 2 rings (SSSR count). The van der Waals surface area contributed by atoms with Crippen molar-refractivity contribution < 1.29 is 9.90 Å². The number of aromatic nitrogens is 2. The first kappa shape index (κ1) is 10.5. The molecule has 5 heteroatoms. The number of para-hydroxylation sites is 2. The van der Waals surface area contributed by atoms with Crippen LogP contribution < -0.4 is 5.32 Å². The minimum Gasteiger partial charge on any atom is -0.465 e. The number of anilines is 1. The Labute approximate surface area is 92.7 Å². The fraction of sp³-hybridized carbons (Fsp3) is 0.273. The van der Waals surface area contributed by atoms with E-state index in [9.17, 15) is 4.79 Å². The van der Waals surface area contributed by atoms with Crippen LogP contribution in [0.3, 0.4) is 0 Å². The number of hydrogen-bond donors (Lipinski definition) is 2. The molecule has 0 fully saturated rings. The summed E-state index contributed by atoms with van der Waals surface area (Å²) in [4.78, 5) is 14.9. The topological polar surface area (TPSA) is 67.2 Å². The average molecular weight is 219 g/mol. The van der Waals surface area contributed by atoms with Crippen LogP contribution in [0, 0.1) is 0 Å². The van der Waals surface area contributed by atoms with Gasteiger partial charge < -0.3 is 9.67 Å². The van der Waals surface area contributed by atoms with E-state index in [1.54, 1.807) is 0 Å². The van der Waals surface area contributed by atoms with E-state index < -0.39 is 6.09 Å². The molecular weight excluding hydrogens is 206 g/mol. The molecule has 0 aliphatic carbocycles. The van der Waals surface area contributed by atoms with Crippen LogP contribution in [0.25, 0.3) is 11.0 Å². The highest BCUT2D eigenvalue weighted by atomic mass is 16.4. The number of nitrogens with zero attached hydrogens (tertiary/aromatic N) is 2. The Morgan fingerprint density at radius 1 is 1.50 bits per heavy atom. The normalized spacial score (nSPS) is 10.6. The van der Waals surface area contributed by atoms with Gasteiger partial charge in [0, 0.05) is 6.54 Å². The monoisotopic (exact) mass is 219 g/mol. The molecule has 1 aromatic carbocycles. The molecule has 0 bridgehead atoms. The predicted molar refractivity (Wildman–Crippen MR) is 61.7 cm³/mol. The highest BCUT2D eigenvalue weighted by molar-refractivity contribution is 5.85. The second-order valence-electron chi connectivity index (χ2n) is 3.51. The molecule has 2 N–H and O–H groups in total. The maximum atomic E-state index is 10.6. The van der Waals surface area contributed by atoms with Gasteiger partial charge in [-0.15, -0.1) is 0 Å². The van der Waals surface area contributed by atoms with Gasteiger partial charge in [0.15, 0.2) is 0 Å². The maximum absolute atomic E-state index is 10.6. The van der Waals surface area contributed by atoms with Gasteiger partial charge in [0.05, 0.1) is 11.0 Å². The standard InChI is InChI=1S/C11H13N3O2/c1-2-7-14-9-6-4-3-5-8(9)12-10(14)13-11(15)16/h3-6H,2,7H2,1H3,(H,12,13)(H,15,16). The lowest BCUT2D eigenvalue weighted by Gasteiger charge is -2.06. The Hall–Kier alpha value is -2.04. The minimum atomic E-state index is -1.09. The second kappa shape index (κ2) is 4.22. The summed E-state index contributed by atoms with van der Waals surface area (Å²) in [5.74, 6) is 0.385. The smallest absolute Gasteiger partial charge is 0.411 e. The molecule has 0 radical (unpaired) electrons. The van der Waals surface area contributed by atoms with E-state index in [1.807, 2.05) is 35.8 Å². The van der Waals surface area contributed by atoms with E-state index in [-0.39, 0.29) is 0 Å². The van der Waals surface area contributed by atoms with Gasteiger partial charge in [-0.1, -0.05) is 19.1 Å². The zero-order valence-corrected chi connectivity index (χ0v) is 8.97. The van der Waals surface area contributed by atoms with E-state index in [2.05, 4.69) is 10.3 Å². The molecule has 0 saturated heterocycles. The highest BCUT2D eigenvalue weighted by Gasteiger charge is 2.11. The van der Waals surface area contributed by atoms with Crippen molar-refractivity contribution in [3.63, 3.8) is 0 Å². The van der Waals surface area contributed by atoms with Gasteiger partial charge in [-0.05, 0) is 18.6 Å². The minimum absolute atomic E-state index is 0.385. The van der Waals surface area contributed by atoms with Crippen molar-refractivity contribution in [1.29, 1.82) is 0 Å². The summed E-state index contributed by atoms with van der Waals surface area (Å²) in [6.45, 7) is 2.79. The van der Waals surface area contributed by atoms with Crippen LogP contribution in [0.2, 0.25) is 0 Å². The van der Waals surface area contributed by atoms with Gasteiger partial charge in [-0.3, -0.25) is 5.32 Å². The first-order chi connectivity index (χ1) is 7.72. The molecule has 5 nitrogen and oxygen atoms in total. The molecule has 84 valence electrons. The van der Waals surface area contributed by atoms with E-state index in [4.69, 9.17) is 5.11 Å². The Bertz CT molecular complexity index is 519. The van der Waals surface area contributed by atoms with Crippen LogP contribution in [0.15, 0.2) is 24.3 Å². The highest BCUT2D eigenvalue weighted by Crippen LogP contribution is 2.19. The molecule has 0 atom stereocenters. The van der Waals surface area contributed by atoms with Crippen molar-refractivity contribution in [1.82, 2.24) is 9.55 Å². The number of rotatable bonds is 3. The van der Waals surface area contributed by atoms with Gasteiger partial charge in [-0.25, -0.2) is 9.78 Å². The fourth-order valence-electron chi connectivity index (χ4n) is 1.72. The Morgan fingerprint density at radius 3 is 2.94 bits per heavy atom. The number of nitrogens with one attached hydrogen (secondary N) is 1. The average Bonchev–Trinajstić information content (AvgIpc) is 2.57. The Balaban J connectivity index is 2.53. The SMILES string of the molecule is CCCn1c(NC(=O)O)nc2ccccc21. The van der Waals surface area contributed by atoms with Gasteiger partial charge in [0.25, 0.3) is 0 Å². The summed E-state index contributed by atoms with van der Waals surface area (Å²) < 4.78 is 1.88. The molecule has 16 heavy (non-hydrogen) atoms. The van der Waals surface area contributed by atoms with E-state index in [1.165, 1.54) is 0 Å². The molecule has 1 amide bonds. The fourth-order valence-corrected chi connectivity index (χ4v) is 1.72. The number of amides is 1. The summed E-state index contributed by atoms with van der Waals surface area (Å²) >= 11 is 0. The first-order valence-electron chi connectivity index (χ1n) is 5.17. The van der Waals surface area contributed by atoms with E-state index in [0.29, 0.717) is 5.95 Å². The van der Waals surface area contributed by atoms with Crippen molar-refractivity contribution in [3.8, 4) is 0 Å². The third-order valence-corrected chi connectivity index (χ3v) is 2.32. The van der Waals surface area contributed by atoms with Crippen molar-refractivity contribution >= 4 is 23.1 Å². The number of imidazole rings is 1. The zero-order valence-electron chi connectivity index (χ0n) is 8.97. The quantitative estimate of drug-likeness (QED) is 0.833. The van der Waals surface area contributed by atoms with Crippen LogP contribution in [-0.4, -0.2) is 20.8 Å². The van der Waals surface area contributed by atoms with Gasteiger partial charge >= 0.3 is 6.09 Å². The Morgan fingerprint density at radius 2 is 2.25 bits per heavy atom. The molecule has 0 unspecified atom stereocenters. The number of fused-ring (bicyclic) bond motifs is 1. The molecule has 2 aromatic rings.